The third-order valence-electron chi connectivity index (χ3n) is 4.38. The summed E-state index contributed by atoms with van der Waals surface area (Å²) in [5.74, 6) is 1.02. The van der Waals surface area contributed by atoms with Gasteiger partial charge in [-0.15, -0.1) is 0 Å². The fraction of sp³-hybridized carbons (Fsp3) is 0.412. The van der Waals surface area contributed by atoms with E-state index in [4.69, 9.17) is 11.6 Å². The van der Waals surface area contributed by atoms with Crippen LogP contribution in [0.15, 0.2) is 24.5 Å². The van der Waals surface area contributed by atoms with Gasteiger partial charge in [0.05, 0.1) is 4.92 Å². The Morgan fingerprint density at radius 1 is 1.40 bits per heavy atom. The van der Waals surface area contributed by atoms with Crippen LogP contribution in [0.2, 0.25) is 5.02 Å². The molecular weight excluding hydrogens is 342 g/mol. The van der Waals surface area contributed by atoms with E-state index in [9.17, 15) is 10.1 Å². The number of aryl methyl sites for hydroxylation is 1. The van der Waals surface area contributed by atoms with Crippen molar-refractivity contribution in [1.29, 1.82) is 0 Å². The summed E-state index contributed by atoms with van der Waals surface area (Å²) in [6, 6.07) is 5.39. The molecule has 1 aromatic heterocycles. The van der Waals surface area contributed by atoms with Crippen LogP contribution in [-0.2, 0) is 0 Å². The lowest BCUT2D eigenvalue weighted by Gasteiger charge is -2.31. The Bertz CT molecular complexity index is 799. The second-order valence-electron chi connectivity index (χ2n) is 6.43. The molecule has 1 aromatic carbocycles. The second-order valence-corrected chi connectivity index (χ2v) is 6.84. The SMILES string of the molecule is Cc1ccc(Nc2ncnc(N3CCCC(C)C3)c2[N+](=O)[O-])cc1Cl. The first-order chi connectivity index (χ1) is 12.0. The molecule has 0 saturated carbocycles. The van der Waals surface area contributed by atoms with E-state index in [2.05, 4.69) is 22.2 Å². The van der Waals surface area contributed by atoms with Crippen LogP contribution in [0.1, 0.15) is 25.3 Å². The molecule has 2 heterocycles. The zero-order chi connectivity index (χ0) is 18.0. The lowest BCUT2D eigenvalue weighted by molar-refractivity contribution is -0.383. The van der Waals surface area contributed by atoms with E-state index >= 15 is 0 Å². The van der Waals surface area contributed by atoms with Crippen LogP contribution in [0.5, 0.6) is 0 Å². The minimum Gasteiger partial charge on any atom is -0.350 e. The normalized spacial score (nSPS) is 17.4. The van der Waals surface area contributed by atoms with Crippen molar-refractivity contribution >= 4 is 34.6 Å². The van der Waals surface area contributed by atoms with Crippen LogP contribution >= 0.6 is 11.6 Å². The van der Waals surface area contributed by atoms with Crippen molar-refractivity contribution in [3.8, 4) is 0 Å². The van der Waals surface area contributed by atoms with Gasteiger partial charge in [0.25, 0.3) is 0 Å². The Hall–Kier alpha value is -2.41. The van der Waals surface area contributed by atoms with Crippen molar-refractivity contribution in [2.24, 2.45) is 5.92 Å². The Balaban J connectivity index is 1.97. The van der Waals surface area contributed by atoms with E-state index in [1.54, 1.807) is 6.07 Å². The lowest BCUT2D eigenvalue weighted by Crippen LogP contribution is -2.35. The summed E-state index contributed by atoms with van der Waals surface area (Å²) >= 11 is 6.14. The highest BCUT2D eigenvalue weighted by Crippen LogP contribution is 2.35. The molecule has 7 nitrogen and oxygen atoms in total. The summed E-state index contributed by atoms with van der Waals surface area (Å²) in [5.41, 5.74) is 1.48. The van der Waals surface area contributed by atoms with Gasteiger partial charge < -0.3 is 10.2 Å². The maximum Gasteiger partial charge on any atom is 0.353 e. The average molecular weight is 362 g/mol. The molecule has 0 bridgehead atoms. The monoisotopic (exact) mass is 361 g/mol. The fourth-order valence-corrected chi connectivity index (χ4v) is 3.23. The summed E-state index contributed by atoms with van der Waals surface area (Å²) in [6.07, 6.45) is 3.49. The molecule has 0 amide bonds. The van der Waals surface area contributed by atoms with E-state index in [0.717, 1.165) is 31.5 Å². The zero-order valence-corrected chi connectivity index (χ0v) is 15.0. The molecule has 1 saturated heterocycles. The van der Waals surface area contributed by atoms with Crippen molar-refractivity contribution < 1.29 is 4.92 Å². The van der Waals surface area contributed by atoms with E-state index in [1.165, 1.54) is 6.33 Å². The molecule has 1 unspecified atom stereocenters. The molecule has 2 aromatic rings. The van der Waals surface area contributed by atoms with E-state index in [1.807, 2.05) is 24.0 Å². The molecule has 1 N–H and O–H groups in total. The molecule has 3 rings (SSSR count). The standard InChI is InChI=1S/C17H20ClN5O2/c1-11-4-3-7-22(9-11)17-15(23(24)25)16(19-10-20-17)21-13-6-5-12(2)14(18)8-13/h5-6,8,10-11H,3-4,7,9H2,1-2H3,(H,19,20,21). The second kappa shape index (κ2) is 7.23. The van der Waals surface area contributed by atoms with E-state index in [0.29, 0.717) is 22.4 Å². The number of piperidine rings is 1. The van der Waals surface area contributed by atoms with Crippen molar-refractivity contribution in [3.05, 3.63) is 45.2 Å². The number of nitrogens with zero attached hydrogens (tertiary/aromatic N) is 4. The number of hydrogen-bond acceptors (Lipinski definition) is 6. The highest BCUT2D eigenvalue weighted by Gasteiger charge is 2.29. The van der Waals surface area contributed by atoms with Gasteiger partial charge in [0, 0.05) is 23.8 Å². The van der Waals surface area contributed by atoms with Gasteiger partial charge >= 0.3 is 5.69 Å². The number of rotatable bonds is 4. The van der Waals surface area contributed by atoms with Crippen molar-refractivity contribution in [3.63, 3.8) is 0 Å². The van der Waals surface area contributed by atoms with Gasteiger partial charge in [0.15, 0.2) is 0 Å². The average Bonchev–Trinajstić information content (AvgIpc) is 2.58. The Kier molecular flexibility index (Phi) is 5.03. The van der Waals surface area contributed by atoms with Crippen molar-refractivity contribution in [2.75, 3.05) is 23.3 Å². The smallest absolute Gasteiger partial charge is 0.350 e. The van der Waals surface area contributed by atoms with Gasteiger partial charge in [0.1, 0.15) is 6.33 Å². The largest absolute Gasteiger partial charge is 0.353 e. The fourth-order valence-electron chi connectivity index (χ4n) is 3.05. The van der Waals surface area contributed by atoms with E-state index in [-0.39, 0.29) is 11.5 Å². The molecular formula is C17H20ClN5O2. The summed E-state index contributed by atoms with van der Waals surface area (Å²) in [7, 11) is 0. The Morgan fingerprint density at radius 3 is 2.88 bits per heavy atom. The third-order valence-corrected chi connectivity index (χ3v) is 4.78. The molecule has 1 aliphatic heterocycles. The van der Waals surface area contributed by atoms with Crippen LogP contribution in [0, 0.1) is 23.0 Å². The van der Waals surface area contributed by atoms with Crippen molar-refractivity contribution in [1.82, 2.24) is 9.97 Å². The summed E-state index contributed by atoms with van der Waals surface area (Å²) in [6.45, 7) is 5.56. The number of nitro groups is 1. The first kappa shape index (κ1) is 17.4. The minimum absolute atomic E-state index is 0.103. The molecule has 0 spiro atoms. The lowest BCUT2D eigenvalue weighted by atomic mass is 10.0. The van der Waals surface area contributed by atoms with Gasteiger partial charge in [-0.2, -0.15) is 0 Å². The van der Waals surface area contributed by atoms with Crippen LogP contribution in [0.4, 0.5) is 23.0 Å². The van der Waals surface area contributed by atoms with Gasteiger partial charge in [0.2, 0.25) is 11.6 Å². The third kappa shape index (κ3) is 3.82. The van der Waals surface area contributed by atoms with Gasteiger partial charge in [-0.1, -0.05) is 24.6 Å². The topological polar surface area (TPSA) is 84.2 Å². The zero-order valence-electron chi connectivity index (χ0n) is 14.2. The van der Waals surface area contributed by atoms with Crippen LogP contribution in [0.3, 0.4) is 0 Å². The van der Waals surface area contributed by atoms with Crippen LogP contribution in [0.25, 0.3) is 0 Å². The van der Waals surface area contributed by atoms with Crippen LogP contribution in [-0.4, -0.2) is 28.0 Å². The molecule has 0 aliphatic carbocycles. The van der Waals surface area contributed by atoms with Gasteiger partial charge in [-0.25, -0.2) is 9.97 Å². The highest BCUT2D eigenvalue weighted by molar-refractivity contribution is 6.31. The number of halogens is 1. The first-order valence-corrected chi connectivity index (χ1v) is 8.61. The van der Waals surface area contributed by atoms with Gasteiger partial charge in [-0.05, 0) is 43.4 Å². The Labute approximate surface area is 151 Å². The summed E-state index contributed by atoms with van der Waals surface area (Å²) in [4.78, 5) is 21.5. The maximum atomic E-state index is 11.7. The number of benzene rings is 1. The minimum atomic E-state index is -0.424. The molecule has 1 atom stereocenters. The predicted molar refractivity (Wildman–Crippen MR) is 98.8 cm³/mol. The number of aromatic nitrogens is 2. The van der Waals surface area contributed by atoms with Gasteiger partial charge in [-0.3, -0.25) is 10.1 Å². The number of hydrogen-bond donors (Lipinski definition) is 1. The molecule has 8 heteroatoms. The maximum absolute atomic E-state index is 11.7. The molecule has 25 heavy (non-hydrogen) atoms. The highest BCUT2D eigenvalue weighted by atomic mass is 35.5. The molecule has 1 aliphatic rings. The summed E-state index contributed by atoms with van der Waals surface area (Å²) in [5, 5.41) is 15.3. The first-order valence-electron chi connectivity index (χ1n) is 8.23. The number of anilines is 3. The van der Waals surface area contributed by atoms with E-state index < -0.39 is 4.92 Å². The molecule has 0 radical (unpaired) electrons. The summed E-state index contributed by atoms with van der Waals surface area (Å²) < 4.78 is 0. The molecule has 1 fully saturated rings. The van der Waals surface area contributed by atoms with Crippen molar-refractivity contribution in [2.45, 2.75) is 26.7 Å². The van der Waals surface area contributed by atoms with Crippen LogP contribution < -0.4 is 10.2 Å². The molecule has 132 valence electrons. The number of nitrogens with one attached hydrogen (secondary N) is 1. The quantitative estimate of drug-likeness (QED) is 0.644. The Morgan fingerprint density at radius 2 is 2.20 bits per heavy atom. The predicted octanol–water partition coefficient (Wildman–Crippen LogP) is 4.33.